The number of piperazine rings is 1. The smallest absolute Gasteiger partial charge is 0.250 e. The van der Waals surface area contributed by atoms with Gasteiger partial charge in [0.05, 0.1) is 0 Å². The molecule has 0 radical (unpaired) electrons. The lowest BCUT2D eigenvalue weighted by Gasteiger charge is -2.34. The topological polar surface area (TPSA) is 49.4 Å². The van der Waals surface area contributed by atoms with Crippen molar-refractivity contribution in [3.05, 3.63) is 29.6 Å². The van der Waals surface area contributed by atoms with Crippen molar-refractivity contribution in [3.63, 3.8) is 0 Å². The number of nitrogens with zero attached hydrogens (tertiary/aromatic N) is 1. The van der Waals surface area contributed by atoms with Crippen LogP contribution in [0.3, 0.4) is 0 Å². The minimum atomic E-state index is -0.550. The summed E-state index contributed by atoms with van der Waals surface area (Å²) in [5.41, 5.74) is 0.937. The van der Waals surface area contributed by atoms with Crippen LogP contribution in [-0.2, 0) is 9.59 Å². The van der Waals surface area contributed by atoms with Crippen LogP contribution in [0.2, 0.25) is 0 Å². The second-order valence-corrected chi connectivity index (χ2v) is 5.15. The first-order valence-electron chi connectivity index (χ1n) is 6.27. The molecule has 1 fully saturated rings. The molecule has 4 nitrogen and oxygen atoms in total. The first kappa shape index (κ1) is 13.5. The van der Waals surface area contributed by atoms with E-state index in [-0.39, 0.29) is 30.1 Å². The molecule has 1 unspecified atom stereocenters. The number of nitrogens with one attached hydrogen (secondary N) is 1. The molecule has 19 heavy (non-hydrogen) atoms. The van der Waals surface area contributed by atoms with Crippen molar-refractivity contribution in [2.24, 2.45) is 5.92 Å². The second kappa shape index (κ2) is 4.99. The maximum atomic E-state index is 13.6. The molecule has 0 aromatic heterocycles. The van der Waals surface area contributed by atoms with Gasteiger partial charge in [-0.3, -0.25) is 9.59 Å². The van der Waals surface area contributed by atoms with E-state index in [1.807, 2.05) is 13.8 Å². The SMILES string of the molecule is Cc1ccc(N2CC(=O)NC(C(C)C)C2=O)cc1F. The Kier molecular flexibility index (Phi) is 3.55. The molecule has 0 saturated carbocycles. The van der Waals surface area contributed by atoms with Crippen LogP contribution in [0, 0.1) is 18.7 Å². The molecule has 1 aliphatic rings. The summed E-state index contributed by atoms with van der Waals surface area (Å²) in [7, 11) is 0. The van der Waals surface area contributed by atoms with Gasteiger partial charge in [0.15, 0.2) is 0 Å². The number of carbonyl (C=O) groups excluding carboxylic acids is 2. The van der Waals surface area contributed by atoms with E-state index in [0.29, 0.717) is 11.3 Å². The summed E-state index contributed by atoms with van der Waals surface area (Å²) < 4.78 is 13.6. The Hall–Kier alpha value is -1.91. The average molecular weight is 264 g/mol. The third-order valence-electron chi connectivity index (χ3n) is 3.28. The zero-order valence-electron chi connectivity index (χ0n) is 11.2. The monoisotopic (exact) mass is 264 g/mol. The Morgan fingerprint density at radius 3 is 2.63 bits per heavy atom. The van der Waals surface area contributed by atoms with Crippen LogP contribution in [-0.4, -0.2) is 24.4 Å². The lowest BCUT2D eigenvalue weighted by molar-refractivity contribution is -0.132. The van der Waals surface area contributed by atoms with Gasteiger partial charge in [0, 0.05) is 5.69 Å². The highest BCUT2D eigenvalue weighted by Gasteiger charge is 2.35. The number of carbonyl (C=O) groups is 2. The zero-order chi connectivity index (χ0) is 14.2. The maximum absolute atomic E-state index is 13.6. The quantitative estimate of drug-likeness (QED) is 0.882. The van der Waals surface area contributed by atoms with E-state index in [4.69, 9.17) is 0 Å². The lowest BCUT2D eigenvalue weighted by atomic mass is 10.00. The van der Waals surface area contributed by atoms with Crippen molar-refractivity contribution < 1.29 is 14.0 Å². The minimum absolute atomic E-state index is 0.00505. The molecule has 1 aromatic carbocycles. The number of hydrogen-bond donors (Lipinski definition) is 1. The fourth-order valence-corrected chi connectivity index (χ4v) is 2.09. The van der Waals surface area contributed by atoms with Crippen molar-refractivity contribution in [1.82, 2.24) is 5.32 Å². The van der Waals surface area contributed by atoms with Crippen LogP contribution in [0.5, 0.6) is 0 Å². The molecule has 1 saturated heterocycles. The third kappa shape index (κ3) is 2.59. The number of aryl methyl sites for hydroxylation is 1. The molecule has 0 aliphatic carbocycles. The third-order valence-corrected chi connectivity index (χ3v) is 3.28. The van der Waals surface area contributed by atoms with E-state index < -0.39 is 6.04 Å². The Labute approximate surface area is 111 Å². The maximum Gasteiger partial charge on any atom is 0.250 e. The predicted octanol–water partition coefficient (Wildman–Crippen LogP) is 1.62. The summed E-state index contributed by atoms with van der Waals surface area (Å²) in [4.78, 5) is 25.3. The van der Waals surface area contributed by atoms with E-state index in [2.05, 4.69) is 5.32 Å². The van der Waals surface area contributed by atoms with Crippen molar-refractivity contribution >= 4 is 17.5 Å². The van der Waals surface area contributed by atoms with Crippen molar-refractivity contribution in [1.29, 1.82) is 0 Å². The summed E-state index contributed by atoms with van der Waals surface area (Å²) in [6, 6.07) is 4.01. The van der Waals surface area contributed by atoms with Crippen LogP contribution in [0.1, 0.15) is 19.4 Å². The zero-order valence-corrected chi connectivity index (χ0v) is 11.2. The summed E-state index contributed by atoms with van der Waals surface area (Å²) >= 11 is 0. The van der Waals surface area contributed by atoms with Gasteiger partial charge in [-0.05, 0) is 30.5 Å². The number of hydrogen-bond acceptors (Lipinski definition) is 2. The first-order chi connectivity index (χ1) is 8.90. The molecule has 1 N–H and O–H groups in total. The number of amides is 2. The number of rotatable bonds is 2. The summed E-state index contributed by atoms with van der Waals surface area (Å²) in [6.45, 7) is 5.31. The molecule has 0 bridgehead atoms. The fourth-order valence-electron chi connectivity index (χ4n) is 2.09. The molecule has 1 aromatic rings. The van der Waals surface area contributed by atoms with Gasteiger partial charge < -0.3 is 10.2 Å². The van der Waals surface area contributed by atoms with Gasteiger partial charge >= 0.3 is 0 Å². The Balaban J connectivity index is 2.34. The van der Waals surface area contributed by atoms with Crippen molar-refractivity contribution in [2.75, 3.05) is 11.4 Å². The van der Waals surface area contributed by atoms with Crippen LogP contribution < -0.4 is 10.2 Å². The van der Waals surface area contributed by atoms with E-state index in [9.17, 15) is 14.0 Å². The van der Waals surface area contributed by atoms with E-state index >= 15 is 0 Å². The molecule has 2 rings (SSSR count). The second-order valence-electron chi connectivity index (χ2n) is 5.15. The molecular weight excluding hydrogens is 247 g/mol. The van der Waals surface area contributed by atoms with Gasteiger partial charge in [-0.1, -0.05) is 19.9 Å². The Morgan fingerprint density at radius 2 is 2.05 bits per heavy atom. The molecule has 102 valence electrons. The number of anilines is 1. The molecular formula is C14H17FN2O2. The van der Waals surface area contributed by atoms with E-state index in [1.165, 1.54) is 11.0 Å². The van der Waals surface area contributed by atoms with Gasteiger partial charge in [-0.15, -0.1) is 0 Å². The lowest BCUT2D eigenvalue weighted by Crippen LogP contribution is -2.60. The molecule has 1 heterocycles. The van der Waals surface area contributed by atoms with Gasteiger partial charge in [-0.2, -0.15) is 0 Å². The summed E-state index contributed by atoms with van der Waals surface area (Å²) in [5.74, 6) is -0.802. The normalized spacial score (nSPS) is 19.8. The van der Waals surface area contributed by atoms with Gasteiger partial charge in [-0.25, -0.2) is 4.39 Å². The van der Waals surface area contributed by atoms with E-state index in [1.54, 1.807) is 19.1 Å². The van der Waals surface area contributed by atoms with E-state index in [0.717, 1.165) is 0 Å². The van der Waals surface area contributed by atoms with Crippen LogP contribution in [0.15, 0.2) is 18.2 Å². The minimum Gasteiger partial charge on any atom is -0.342 e. The van der Waals surface area contributed by atoms with Gasteiger partial charge in [0.2, 0.25) is 11.8 Å². The number of halogens is 1. The largest absolute Gasteiger partial charge is 0.342 e. The molecule has 1 aliphatic heterocycles. The van der Waals surface area contributed by atoms with Crippen molar-refractivity contribution in [2.45, 2.75) is 26.8 Å². The van der Waals surface area contributed by atoms with Gasteiger partial charge in [0.1, 0.15) is 18.4 Å². The molecule has 2 amide bonds. The number of benzene rings is 1. The van der Waals surface area contributed by atoms with Gasteiger partial charge in [0.25, 0.3) is 0 Å². The fraction of sp³-hybridized carbons (Fsp3) is 0.429. The highest BCUT2D eigenvalue weighted by atomic mass is 19.1. The standard InChI is InChI=1S/C14H17FN2O2/c1-8(2)13-14(19)17(7-12(18)16-13)10-5-4-9(3)11(15)6-10/h4-6,8,13H,7H2,1-3H3,(H,16,18). The predicted molar refractivity (Wildman–Crippen MR) is 70.3 cm³/mol. The Morgan fingerprint density at radius 1 is 1.37 bits per heavy atom. The average Bonchev–Trinajstić information content (AvgIpc) is 2.35. The summed E-state index contributed by atoms with van der Waals surface area (Å²) in [5, 5.41) is 2.67. The summed E-state index contributed by atoms with van der Waals surface area (Å²) in [6.07, 6.45) is 0. The molecule has 0 spiro atoms. The molecule has 1 atom stereocenters. The van der Waals surface area contributed by atoms with Crippen LogP contribution in [0.4, 0.5) is 10.1 Å². The highest BCUT2D eigenvalue weighted by Crippen LogP contribution is 2.22. The molecule has 5 heteroatoms. The highest BCUT2D eigenvalue weighted by molar-refractivity contribution is 6.06. The first-order valence-corrected chi connectivity index (χ1v) is 6.27. The Bertz CT molecular complexity index is 528. The van der Waals surface area contributed by atoms with Crippen LogP contribution in [0.25, 0.3) is 0 Å². The van der Waals surface area contributed by atoms with Crippen molar-refractivity contribution in [3.8, 4) is 0 Å². The van der Waals surface area contributed by atoms with Crippen LogP contribution >= 0.6 is 0 Å².